The van der Waals surface area contributed by atoms with Crippen LogP contribution in [0, 0.1) is 5.92 Å². The van der Waals surface area contributed by atoms with E-state index in [9.17, 15) is 18.0 Å². The van der Waals surface area contributed by atoms with Gasteiger partial charge < -0.3 is 4.90 Å². The number of carbonyl (C=O) groups excluding carboxylic acids is 1. The Morgan fingerprint density at radius 2 is 1.65 bits per heavy atom. The molecular formula is C25H29F3N2O. The molecule has 1 saturated heterocycles. The summed E-state index contributed by atoms with van der Waals surface area (Å²) in [5, 5.41) is 0. The maximum absolute atomic E-state index is 12.7. The lowest BCUT2D eigenvalue weighted by Gasteiger charge is -2.33. The molecule has 0 saturated carbocycles. The van der Waals surface area contributed by atoms with Gasteiger partial charge in [-0.05, 0) is 80.4 Å². The zero-order chi connectivity index (χ0) is 21.8. The van der Waals surface area contributed by atoms with Gasteiger partial charge in [-0.2, -0.15) is 13.2 Å². The molecule has 1 fully saturated rings. The predicted octanol–water partition coefficient (Wildman–Crippen LogP) is 5.68. The highest BCUT2D eigenvalue weighted by Crippen LogP contribution is 2.31. The SMILES string of the molecule is O=C1CCc2ccccc2N1CCCC1CCN(Cc2ccc(C(F)(F)F)cc2)CC1. The lowest BCUT2D eigenvalue weighted by atomic mass is 9.91. The van der Waals surface area contributed by atoms with Crippen molar-refractivity contribution in [2.45, 2.75) is 51.2 Å². The van der Waals surface area contributed by atoms with Gasteiger partial charge in [0, 0.05) is 25.2 Å². The summed E-state index contributed by atoms with van der Waals surface area (Å²) in [7, 11) is 0. The van der Waals surface area contributed by atoms with Crippen LogP contribution >= 0.6 is 0 Å². The second-order valence-electron chi connectivity index (χ2n) is 8.73. The maximum atomic E-state index is 12.7. The highest BCUT2D eigenvalue weighted by Gasteiger charge is 2.30. The summed E-state index contributed by atoms with van der Waals surface area (Å²) in [6.45, 7) is 3.42. The molecule has 0 spiro atoms. The Hall–Kier alpha value is -2.34. The topological polar surface area (TPSA) is 23.6 Å². The number of alkyl halides is 3. The third kappa shape index (κ3) is 5.48. The summed E-state index contributed by atoms with van der Waals surface area (Å²) in [5.74, 6) is 0.879. The Labute approximate surface area is 181 Å². The molecule has 1 amide bonds. The van der Waals surface area contributed by atoms with Gasteiger partial charge in [0.15, 0.2) is 0 Å². The Morgan fingerprint density at radius 1 is 0.935 bits per heavy atom. The van der Waals surface area contributed by atoms with Crippen LogP contribution in [-0.2, 0) is 23.9 Å². The summed E-state index contributed by atoms with van der Waals surface area (Å²) >= 11 is 0. The number of aryl methyl sites for hydroxylation is 1. The van der Waals surface area contributed by atoms with E-state index in [-0.39, 0.29) is 5.91 Å². The van der Waals surface area contributed by atoms with Crippen molar-refractivity contribution in [3.63, 3.8) is 0 Å². The number of benzene rings is 2. The minimum absolute atomic E-state index is 0.227. The highest BCUT2D eigenvalue weighted by molar-refractivity contribution is 5.96. The normalized spacial score (nSPS) is 18.3. The number of fused-ring (bicyclic) bond motifs is 1. The molecular weight excluding hydrogens is 401 g/mol. The van der Waals surface area contributed by atoms with E-state index < -0.39 is 11.7 Å². The molecule has 0 bridgehead atoms. The molecule has 0 aromatic heterocycles. The standard InChI is InChI=1S/C25H29F3N2O/c26-25(27,28)22-10-7-20(8-11-22)18-29-16-13-19(14-17-29)4-3-15-30-23-6-2-1-5-21(23)9-12-24(30)31/h1-2,5-8,10-11,19H,3-4,9,12-18H2. The van der Waals surface area contributed by atoms with Gasteiger partial charge in [-0.1, -0.05) is 30.3 Å². The third-order valence-corrected chi connectivity index (χ3v) is 6.58. The fourth-order valence-electron chi connectivity index (χ4n) is 4.77. The van der Waals surface area contributed by atoms with Gasteiger partial charge in [0.2, 0.25) is 5.91 Å². The van der Waals surface area contributed by atoms with Crippen molar-refractivity contribution in [1.82, 2.24) is 4.90 Å². The fraction of sp³-hybridized carbons (Fsp3) is 0.480. The Morgan fingerprint density at radius 3 is 2.35 bits per heavy atom. The van der Waals surface area contributed by atoms with E-state index in [0.717, 1.165) is 63.0 Å². The number of likely N-dealkylation sites (tertiary alicyclic amines) is 1. The largest absolute Gasteiger partial charge is 0.416 e. The molecule has 0 aliphatic carbocycles. The number of hydrogen-bond acceptors (Lipinski definition) is 2. The lowest BCUT2D eigenvalue weighted by molar-refractivity contribution is -0.137. The third-order valence-electron chi connectivity index (χ3n) is 6.58. The fourth-order valence-corrected chi connectivity index (χ4v) is 4.77. The van der Waals surface area contributed by atoms with Crippen LogP contribution in [0.1, 0.15) is 48.8 Å². The van der Waals surface area contributed by atoms with Crippen LogP contribution < -0.4 is 4.90 Å². The van der Waals surface area contributed by atoms with Gasteiger partial charge >= 0.3 is 6.18 Å². The van der Waals surface area contributed by atoms with E-state index in [1.807, 2.05) is 23.1 Å². The van der Waals surface area contributed by atoms with Crippen LogP contribution in [0.15, 0.2) is 48.5 Å². The van der Waals surface area contributed by atoms with Gasteiger partial charge in [0.05, 0.1) is 5.56 Å². The number of para-hydroxylation sites is 1. The van der Waals surface area contributed by atoms with Crippen molar-refractivity contribution in [2.24, 2.45) is 5.92 Å². The first-order chi connectivity index (χ1) is 14.9. The van der Waals surface area contributed by atoms with Gasteiger partial charge in [-0.15, -0.1) is 0 Å². The first kappa shape index (κ1) is 21.9. The highest BCUT2D eigenvalue weighted by atomic mass is 19.4. The zero-order valence-electron chi connectivity index (χ0n) is 17.7. The van der Waals surface area contributed by atoms with Crippen molar-refractivity contribution >= 4 is 11.6 Å². The van der Waals surface area contributed by atoms with Crippen LogP contribution in [-0.4, -0.2) is 30.4 Å². The van der Waals surface area contributed by atoms with Crippen molar-refractivity contribution in [3.8, 4) is 0 Å². The predicted molar refractivity (Wildman–Crippen MR) is 116 cm³/mol. The van der Waals surface area contributed by atoms with Crippen molar-refractivity contribution < 1.29 is 18.0 Å². The first-order valence-corrected chi connectivity index (χ1v) is 11.2. The molecule has 2 aliphatic heterocycles. The van der Waals surface area contributed by atoms with Crippen LogP contribution in [0.25, 0.3) is 0 Å². The molecule has 2 aromatic rings. The molecule has 4 rings (SSSR count). The van der Waals surface area contributed by atoms with Crippen LogP contribution in [0.4, 0.5) is 18.9 Å². The summed E-state index contributed by atoms with van der Waals surface area (Å²) in [4.78, 5) is 16.7. The van der Waals surface area contributed by atoms with Crippen LogP contribution in [0.2, 0.25) is 0 Å². The number of nitrogens with zero attached hydrogens (tertiary/aromatic N) is 2. The van der Waals surface area contributed by atoms with E-state index >= 15 is 0 Å². The first-order valence-electron chi connectivity index (χ1n) is 11.2. The molecule has 6 heteroatoms. The molecule has 0 radical (unpaired) electrons. The molecule has 3 nitrogen and oxygen atoms in total. The average Bonchev–Trinajstić information content (AvgIpc) is 2.76. The number of rotatable bonds is 6. The number of halogens is 3. The van der Waals surface area contributed by atoms with Gasteiger partial charge in [-0.3, -0.25) is 9.69 Å². The maximum Gasteiger partial charge on any atom is 0.416 e. The second kappa shape index (κ2) is 9.43. The van der Waals surface area contributed by atoms with E-state index in [2.05, 4.69) is 11.0 Å². The summed E-state index contributed by atoms with van der Waals surface area (Å²) < 4.78 is 38.1. The van der Waals surface area contributed by atoms with Crippen LogP contribution in [0.5, 0.6) is 0 Å². The summed E-state index contributed by atoms with van der Waals surface area (Å²) in [6.07, 6.45) is 1.47. The van der Waals surface area contributed by atoms with E-state index in [0.29, 0.717) is 18.9 Å². The molecule has 166 valence electrons. The molecule has 0 N–H and O–H groups in total. The Balaban J connectivity index is 1.21. The van der Waals surface area contributed by atoms with Crippen molar-refractivity contribution in [1.29, 1.82) is 0 Å². The Bertz CT molecular complexity index is 886. The van der Waals surface area contributed by atoms with Gasteiger partial charge in [0.25, 0.3) is 0 Å². The zero-order valence-corrected chi connectivity index (χ0v) is 17.7. The second-order valence-corrected chi connectivity index (χ2v) is 8.73. The van der Waals surface area contributed by atoms with Crippen molar-refractivity contribution in [2.75, 3.05) is 24.5 Å². The van der Waals surface area contributed by atoms with E-state index in [4.69, 9.17) is 0 Å². The van der Waals surface area contributed by atoms with Gasteiger partial charge in [0.1, 0.15) is 0 Å². The molecule has 2 aromatic carbocycles. The molecule has 0 unspecified atom stereocenters. The molecule has 2 heterocycles. The number of amides is 1. The number of anilines is 1. The van der Waals surface area contributed by atoms with E-state index in [1.165, 1.54) is 17.7 Å². The summed E-state index contributed by atoms with van der Waals surface area (Å²) in [5.41, 5.74) is 2.67. The van der Waals surface area contributed by atoms with Crippen molar-refractivity contribution in [3.05, 3.63) is 65.2 Å². The number of hydrogen-bond donors (Lipinski definition) is 0. The smallest absolute Gasteiger partial charge is 0.312 e. The molecule has 31 heavy (non-hydrogen) atoms. The van der Waals surface area contributed by atoms with Crippen LogP contribution in [0.3, 0.4) is 0 Å². The number of piperidine rings is 1. The Kier molecular flexibility index (Phi) is 6.65. The minimum atomic E-state index is -4.28. The number of carbonyl (C=O) groups is 1. The average molecular weight is 431 g/mol. The molecule has 0 atom stereocenters. The monoisotopic (exact) mass is 430 g/mol. The summed E-state index contributed by atoms with van der Waals surface area (Å²) in [6, 6.07) is 13.7. The van der Waals surface area contributed by atoms with Gasteiger partial charge in [-0.25, -0.2) is 0 Å². The minimum Gasteiger partial charge on any atom is -0.312 e. The molecule has 2 aliphatic rings. The lowest BCUT2D eigenvalue weighted by Crippen LogP contribution is -2.36. The quantitative estimate of drug-likeness (QED) is 0.589. The van der Waals surface area contributed by atoms with E-state index in [1.54, 1.807) is 12.1 Å².